The summed E-state index contributed by atoms with van der Waals surface area (Å²) in [6, 6.07) is 12.1. The zero-order valence-electron chi connectivity index (χ0n) is 23.2. The van der Waals surface area contributed by atoms with Gasteiger partial charge in [0.2, 0.25) is 0 Å². The first-order valence-electron chi connectivity index (χ1n) is 13.9. The van der Waals surface area contributed by atoms with Crippen LogP contribution in [0.4, 0.5) is 24.5 Å². The zero-order chi connectivity index (χ0) is 28.2. The molecule has 1 aliphatic carbocycles. The molecule has 5 nitrogen and oxygen atoms in total. The molecule has 1 unspecified atom stereocenters. The van der Waals surface area contributed by atoms with E-state index in [9.17, 15) is 18.0 Å². The van der Waals surface area contributed by atoms with Crippen LogP contribution in [-0.2, 0) is 16.0 Å². The van der Waals surface area contributed by atoms with Crippen LogP contribution in [0.5, 0.6) is 5.75 Å². The first kappa shape index (κ1) is 29.0. The largest absolute Gasteiger partial charge is 0.573 e. The van der Waals surface area contributed by atoms with Gasteiger partial charge in [0.1, 0.15) is 11.6 Å². The minimum Gasteiger partial charge on any atom is -0.469 e. The van der Waals surface area contributed by atoms with Crippen molar-refractivity contribution in [3.05, 3.63) is 53.6 Å². The molecule has 0 aromatic heterocycles. The van der Waals surface area contributed by atoms with Gasteiger partial charge in [0.25, 0.3) is 0 Å². The summed E-state index contributed by atoms with van der Waals surface area (Å²) in [5, 5.41) is 3.34. The van der Waals surface area contributed by atoms with Crippen LogP contribution in [-0.4, -0.2) is 25.3 Å². The molecule has 1 fully saturated rings. The number of halogens is 3. The highest BCUT2D eigenvalue weighted by atomic mass is 19.4. The van der Waals surface area contributed by atoms with Crippen LogP contribution in [0.1, 0.15) is 76.3 Å². The van der Waals surface area contributed by atoms with Gasteiger partial charge in [-0.1, -0.05) is 39.3 Å². The van der Waals surface area contributed by atoms with E-state index in [0.29, 0.717) is 48.1 Å². The lowest BCUT2D eigenvalue weighted by molar-refractivity contribution is -0.274. The van der Waals surface area contributed by atoms with E-state index in [4.69, 9.17) is 9.73 Å². The molecular weight excluding hydrogens is 505 g/mol. The Hall–Kier alpha value is -3.03. The fourth-order valence-corrected chi connectivity index (χ4v) is 6.33. The molecule has 1 saturated carbocycles. The molecule has 39 heavy (non-hydrogen) atoms. The molecule has 4 rings (SSSR count). The molecule has 8 heteroatoms. The van der Waals surface area contributed by atoms with Gasteiger partial charge in [-0.25, -0.2) is 4.99 Å². The lowest BCUT2D eigenvalue weighted by atomic mass is 9.63. The Morgan fingerprint density at radius 3 is 2.51 bits per heavy atom. The number of methoxy groups -OCH3 is 1. The number of amidine groups is 1. The minimum absolute atomic E-state index is 0.248. The summed E-state index contributed by atoms with van der Waals surface area (Å²) in [6.07, 6.45) is 1.51. The number of aryl methyl sites for hydroxylation is 1. The zero-order valence-corrected chi connectivity index (χ0v) is 23.2. The van der Waals surface area contributed by atoms with E-state index in [1.54, 1.807) is 12.1 Å². The Labute approximate surface area is 229 Å². The summed E-state index contributed by atoms with van der Waals surface area (Å²) in [5.41, 5.74) is 3.82. The SMILES string of the molecule is COC(=O)CCc1ccc2c(c1)N=C(Nc1ccc(OC(F)(F)F)cc1)CCC2[C@@H]1C[C@H](C)CC[C@H]1C(C)C. The fraction of sp³-hybridized carbons (Fsp3) is 0.548. The molecule has 2 aromatic carbocycles. The molecule has 2 aliphatic rings. The third-order valence-corrected chi connectivity index (χ3v) is 8.25. The summed E-state index contributed by atoms with van der Waals surface area (Å²) in [6.45, 7) is 7.01. The molecule has 0 spiro atoms. The van der Waals surface area contributed by atoms with Crippen molar-refractivity contribution >= 4 is 23.2 Å². The lowest BCUT2D eigenvalue weighted by Crippen LogP contribution is -2.32. The normalized spacial score (nSPS) is 23.4. The molecule has 2 aromatic rings. The summed E-state index contributed by atoms with van der Waals surface area (Å²) >= 11 is 0. The van der Waals surface area contributed by atoms with E-state index in [1.807, 2.05) is 0 Å². The number of hydrogen-bond donors (Lipinski definition) is 1. The second-order valence-corrected chi connectivity index (χ2v) is 11.4. The maximum absolute atomic E-state index is 12.6. The summed E-state index contributed by atoms with van der Waals surface area (Å²) in [4.78, 5) is 16.8. The average molecular weight is 545 g/mol. The first-order valence-corrected chi connectivity index (χ1v) is 13.9. The Balaban J connectivity index is 1.63. The van der Waals surface area contributed by atoms with Gasteiger partial charge in [0.15, 0.2) is 0 Å². The molecule has 1 heterocycles. The summed E-state index contributed by atoms with van der Waals surface area (Å²) in [7, 11) is 1.39. The Morgan fingerprint density at radius 2 is 1.85 bits per heavy atom. The van der Waals surface area contributed by atoms with E-state index in [0.717, 1.165) is 29.9 Å². The summed E-state index contributed by atoms with van der Waals surface area (Å²) in [5.74, 6) is 3.12. The van der Waals surface area contributed by atoms with Crippen LogP contribution in [0.2, 0.25) is 0 Å². The van der Waals surface area contributed by atoms with Crippen molar-refractivity contribution in [1.82, 2.24) is 0 Å². The number of carbonyl (C=O) groups excluding carboxylic acids is 1. The van der Waals surface area contributed by atoms with Gasteiger partial charge in [-0.3, -0.25) is 4.79 Å². The van der Waals surface area contributed by atoms with Gasteiger partial charge in [0, 0.05) is 18.5 Å². The van der Waals surface area contributed by atoms with E-state index in [1.165, 1.54) is 44.1 Å². The van der Waals surface area contributed by atoms with Crippen LogP contribution in [0.15, 0.2) is 47.5 Å². The molecular formula is C31H39F3N2O3. The Morgan fingerprint density at radius 1 is 1.10 bits per heavy atom. The third-order valence-electron chi connectivity index (χ3n) is 8.25. The number of ether oxygens (including phenoxy) is 2. The van der Waals surface area contributed by atoms with Crippen molar-refractivity contribution < 1.29 is 27.4 Å². The third kappa shape index (κ3) is 7.76. The quantitative estimate of drug-likeness (QED) is 0.356. The number of fused-ring (bicyclic) bond motifs is 1. The Bertz CT molecular complexity index is 1160. The van der Waals surface area contributed by atoms with Crippen molar-refractivity contribution in [1.29, 1.82) is 0 Å². The fourth-order valence-electron chi connectivity index (χ4n) is 6.33. The number of carbonyl (C=O) groups is 1. The van der Waals surface area contributed by atoms with Crippen LogP contribution in [0.3, 0.4) is 0 Å². The second-order valence-electron chi connectivity index (χ2n) is 11.4. The maximum atomic E-state index is 12.6. The number of rotatable bonds is 7. The monoisotopic (exact) mass is 544 g/mol. The number of esters is 1. The minimum atomic E-state index is -4.73. The van der Waals surface area contributed by atoms with E-state index < -0.39 is 6.36 Å². The summed E-state index contributed by atoms with van der Waals surface area (Å²) < 4.78 is 46.5. The van der Waals surface area contributed by atoms with Crippen LogP contribution >= 0.6 is 0 Å². The predicted molar refractivity (Wildman–Crippen MR) is 147 cm³/mol. The van der Waals surface area contributed by atoms with Gasteiger partial charge in [-0.2, -0.15) is 0 Å². The van der Waals surface area contributed by atoms with Gasteiger partial charge < -0.3 is 14.8 Å². The van der Waals surface area contributed by atoms with Crippen molar-refractivity contribution in [3.8, 4) is 5.75 Å². The Kier molecular flexibility index (Phi) is 9.23. The number of hydrogen-bond acceptors (Lipinski definition) is 5. The number of benzene rings is 2. The number of nitrogens with one attached hydrogen (secondary N) is 1. The molecule has 0 amide bonds. The molecule has 1 aliphatic heterocycles. The van der Waals surface area contributed by atoms with Crippen LogP contribution < -0.4 is 10.1 Å². The smallest absolute Gasteiger partial charge is 0.469 e. The first-order chi connectivity index (χ1) is 18.5. The lowest BCUT2D eigenvalue weighted by Gasteiger charge is -2.42. The van der Waals surface area contributed by atoms with Crippen molar-refractivity contribution in [2.75, 3.05) is 12.4 Å². The van der Waals surface area contributed by atoms with E-state index >= 15 is 0 Å². The molecule has 0 bridgehead atoms. The van der Waals surface area contributed by atoms with Crippen LogP contribution in [0.25, 0.3) is 0 Å². The number of nitrogens with zero attached hydrogens (tertiary/aromatic N) is 1. The van der Waals surface area contributed by atoms with E-state index in [-0.39, 0.29) is 11.7 Å². The number of aliphatic imine (C=N–C) groups is 1. The molecule has 4 atom stereocenters. The van der Waals surface area contributed by atoms with Gasteiger partial charge in [0.05, 0.1) is 12.8 Å². The molecule has 212 valence electrons. The van der Waals surface area contributed by atoms with Crippen molar-refractivity contribution in [3.63, 3.8) is 0 Å². The highest BCUT2D eigenvalue weighted by Crippen LogP contribution is 2.49. The highest BCUT2D eigenvalue weighted by molar-refractivity contribution is 5.97. The average Bonchev–Trinajstić information content (AvgIpc) is 3.06. The maximum Gasteiger partial charge on any atom is 0.573 e. The standard InChI is InChI=1S/C31H39F3N2O3/c1-19(2)24-12-5-20(3)17-27(24)25-14-15-29(35-22-8-10-23(11-9-22)39-31(32,33)34)36-28-18-21(6-13-26(25)28)7-16-30(37)38-4/h6,8-11,13,18-20,24-25,27H,5,7,12,14-17H2,1-4H3,(H,35,36)/t20-,24+,25?,27-/m1/s1. The number of alkyl halides is 3. The molecule has 0 radical (unpaired) electrons. The van der Waals surface area contributed by atoms with E-state index in [2.05, 4.69) is 49.0 Å². The predicted octanol–water partition coefficient (Wildman–Crippen LogP) is 8.42. The van der Waals surface area contributed by atoms with Gasteiger partial charge >= 0.3 is 12.3 Å². The van der Waals surface area contributed by atoms with Gasteiger partial charge in [-0.05, 0) is 96.7 Å². The van der Waals surface area contributed by atoms with Crippen molar-refractivity contribution in [2.24, 2.45) is 28.7 Å². The van der Waals surface area contributed by atoms with Crippen molar-refractivity contribution in [2.45, 2.75) is 78.0 Å². The molecule has 1 N–H and O–H groups in total. The second kappa shape index (κ2) is 12.4. The highest BCUT2D eigenvalue weighted by Gasteiger charge is 2.38. The topological polar surface area (TPSA) is 59.9 Å². The number of anilines is 1. The van der Waals surface area contributed by atoms with Crippen LogP contribution in [0, 0.1) is 23.7 Å². The van der Waals surface area contributed by atoms with Gasteiger partial charge in [-0.15, -0.1) is 13.2 Å². The molecule has 0 saturated heterocycles.